The van der Waals surface area contributed by atoms with Crippen molar-refractivity contribution >= 4 is 35.3 Å². The van der Waals surface area contributed by atoms with Crippen LogP contribution in [0.3, 0.4) is 0 Å². The smallest absolute Gasteiger partial charge is 0.373 e. The molecule has 31 heavy (non-hydrogen) atoms. The molecule has 1 heterocycles. The molecule has 0 atom stereocenters. The second-order valence-corrected chi connectivity index (χ2v) is 7.19. The molecule has 1 amide bonds. The van der Waals surface area contributed by atoms with Crippen molar-refractivity contribution < 1.29 is 32.7 Å². The van der Waals surface area contributed by atoms with Crippen molar-refractivity contribution in [1.29, 1.82) is 0 Å². The summed E-state index contributed by atoms with van der Waals surface area (Å²) in [5.41, 5.74) is 0.770. The largest absolute Gasteiger partial charge is 0.463 e. The van der Waals surface area contributed by atoms with Gasteiger partial charge < -0.3 is 19.2 Å². The van der Waals surface area contributed by atoms with Crippen molar-refractivity contribution in [2.45, 2.75) is 11.5 Å². The van der Waals surface area contributed by atoms with E-state index in [1.54, 1.807) is 24.3 Å². The number of carbonyl (C=O) groups excluding carboxylic acids is 3. The average Bonchev–Trinajstić information content (AvgIpc) is 3.26. The molecule has 0 aliphatic rings. The van der Waals surface area contributed by atoms with Crippen LogP contribution in [0.2, 0.25) is 0 Å². The zero-order valence-electron chi connectivity index (χ0n) is 16.4. The van der Waals surface area contributed by atoms with Crippen LogP contribution in [0.15, 0.2) is 70.0 Å². The minimum absolute atomic E-state index is 0.0108. The van der Waals surface area contributed by atoms with Gasteiger partial charge >= 0.3 is 11.9 Å². The summed E-state index contributed by atoms with van der Waals surface area (Å²) < 4.78 is 28.0. The van der Waals surface area contributed by atoms with E-state index in [0.29, 0.717) is 16.1 Å². The van der Waals surface area contributed by atoms with E-state index in [9.17, 15) is 18.8 Å². The summed E-state index contributed by atoms with van der Waals surface area (Å²) in [5, 5.41) is 2.66. The van der Waals surface area contributed by atoms with Crippen LogP contribution in [-0.4, -0.2) is 30.7 Å². The number of amides is 1. The Kier molecular flexibility index (Phi) is 7.45. The molecule has 3 rings (SSSR count). The van der Waals surface area contributed by atoms with E-state index in [0.717, 1.165) is 0 Å². The van der Waals surface area contributed by atoms with Gasteiger partial charge in [-0.05, 0) is 48.5 Å². The molecule has 3 aromatic rings. The van der Waals surface area contributed by atoms with Crippen molar-refractivity contribution in [3.63, 3.8) is 0 Å². The fourth-order valence-electron chi connectivity index (χ4n) is 2.51. The summed E-state index contributed by atoms with van der Waals surface area (Å²) in [6.45, 7) is -0.167. The summed E-state index contributed by atoms with van der Waals surface area (Å²) >= 11 is 1.17. The van der Waals surface area contributed by atoms with Gasteiger partial charge in [0, 0.05) is 10.6 Å². The number of thioether (sulfide) groups is 1. The molecule has 0 aliphatic carbocycles. The highest BCUT2D eigenvalue weighted by Crippen LogP contribution is 2.24. The van der Waals surface area contributed by atoms with E-state index >= 15 is 0 Å². The molecule has 0 fully saturated rings. The third kappa shape index (κ3) is 6.19. The Bertz CT molecular complexity index is 1080. The Morgan fingerprint density at radius 2 is 1.74 bits per heavy atom. The van der Waals surface area contributed by atoms with E-state index < -0.39 is 17.8 Å². The molecule has 0 bridgehead atoms. The molecule has 2 aromatic carbocycles. The number of hydrogen-bond donors (Lipinski definition) is 1. The Labute approximate surface area is 181 Å². The number of anilines is 1. The predicted octanol–water partition coefficient (Wildman–Crippen LogP) is 4.29. The summed E-state index contributed by atoms with van der Waals surface area (Å²) in [6, 6.07) is 15.1. The van der Waals surface area contributed by atoms with Gasteiger partial charge in [-0.1, -0.05) is 12.1 Å². The summed E-state index contributed by atoms with van der Waals surface area (Å²) in [4.78, 5) is 36.6. The van der Waals surface area contributed by atoms with Gasteiger partial charge in [-0.2, -0.15) is 0 Å². The predicted molar refractivity (Wildman–Crippen MR) is 111 cm³/mol. The maximum atomic E-state index is 13.0. The molecular weight excluding hydrogens is 425 g/mol. The van der Waals surface area contributed by atoms with Gasteiger partial charge in [-0.3, -0.25) is 4.79 Å². The summed E-state index contributed by atoms with van der Waals surface area (Å²) in [7, 11) is 1.24. The van der Waals surface area contributed by atoms with Crippen molar-refractivity contribution in [3.8, 4) is 0 Å². The Hall–Kier alpha value is -3.59. The van der Waals surface area contributed by atoms with Crippen LogP contribution < -0.4 is 5.32 Å². The zero-order chi connectivity index (χ0) is 22.2. The Balaban J connectivity index is 1.57. The highest BCUT2D eigenvalue weighted by atomic mass is 32.2. The first kappa shape index (κ1) is 22.1. The van der Waals surface area contributed by atoms with Crippen molar-refractivity contribution in [2.24, 2.45) is 0 Å². The van der Waals surface area contributed by atoms with Gasteiger partial charge in [0.25, 0.3) is 0 Å². The number of halogens is 1. The standard InChI is InChI=1S/C22H18FNO6S/c1-28-22(27)18-11-10-16(30-18)12-29-21(26)17-4-2-3-5-19(17)31-13-20(25)24-15-8-6-14(23)7-9-15/h2-11H,12-13H2,1H3,(H,24,25). The molecule has 0 unspecified atom stereocenters. The van der Waals surface area contributed by atoms with Gasteiger partial charge in [0.05, 0.1) is 18.4 Å². The molecule has 0 spiro atoms. The number of rotatable bonds is 8. The van der Waals surface area contributed by atoms with Crippen LogP contribution in [0.1, 0.15) is 26.7 Å². The van der Waals surface area contributed by atoms with E-state index in [2.05, 4.69) is 10.1 Å². The molecule has 1 aromatic heterocycles. The maximum absolute atomic E-state index is 13.0. The highest BCUT2D eigenvalue weighted by molar-refractivity contribution is 8.00. The number of hydrogen-bond acceptors (Lipinski definition) is 7. The van der Waals surface area contributed by atoms with Gasteiger partial charge in [0.15, 0.2) is 0 Å². The van der Waals surface area contributed by atoms with Crippen LogP contribution in [0.25, 0.3) is 0 Å². The first-order chi connectivity index (χ1) is 15.0. The molecule has 0 saturated carbocycles. The number of benzene rings is 2. The number of esters is 2. The lowest BCUT2D eigenvalue weighted by Crippen LogP contribution is -2.14. The van der Waals surface area contributed by atoms with E-state index in [1.807, 2.05) is 0 Å². The van der Waals surface area contributed by atoms with Crippen molar-refractivity contribution in [1.82, 2.24) is 0 Å². The van der Waals surface area contributed by atoms with Crippen LogP contribution >= 0.6 is 11.8 Å². The number of furan rings is 1. The zero-order valence-corrected chi connectivity index (χ0v) is 17.2. The van der Waals surface area contributed by atoms with E-state index in [4.69, 9.17) is 9.15 Å². The molecule has 9 heteroatoms. The minimum atomic E-state index is -0.627. The lowest BCUT2D eigenvalue weighted by Gasteiger charge is -2.09. The fourth-order valence-corrected chi connectivity index (χ4v) is 3.36. The fraction of sp³-hybridized carbons (Fsp3) is 0.136. The topological polar surface area (TPSA) is 94.8 Å². The molecule has 0 radical (unpaired) electrons. The Morgan fingerprint density at radius 3 is 2.48 bits per heavy atom. The number of nitrogens with one attached hydrogen (secondary N) is 1. The minimum Gasteiger partial charge on any atom is -0.463 e. The summed E-state index contributed by atoms with van der Waals surface area (Å²) in [6.07, 6.45) is 0. The van der Waals surface area contributed by atoms with Crippen molar-refractivity contribution in [2.75, 3.05) is 18.2 Å². The van der Waals surface area contributed by atoms with Gasteiger partial charge in [0.2, 0.25) is 11.7 Å². The lowest BCUT2D eigenvalue weighted by atomic mass is 10.2. The van der Waals surface area contributed by atoms with Crippen LogP contribution in [-0.2, 0) is 20.9 Å². The summed E-state index contributed by atoms with van der Waals surface area (Å²) in [5.74, 6) is -1.57. The van der Waals surface area contributed by atoms with Crippen LogP contribution in [0.4, 0.5) is 10.1 Å². The molecule has 0 aliphatic heterocycles. The van der Waals surface area contributed by atoms with E-state index in [1.165, 1.54) is 55.3 Å². The second kappa shape index (κ2) is 10.4. The quantitative estimate of drug-likeness (QED) is 0.410. The van der Waals surface area contributed by atoms with Crippen LogP contribution in [0.5, 0.6) is 0 Å². The van der Waals surface area contributed by atoms with E-state index in [-0.39, 0.29) is 29.8 Å². The Morgan fingerprint density at radius 1 is 1.00 bits per heavy atom. The lowest BCUT2D eigenvalue weighted by molar-refractivity contribution is -0.113. The number of ether oxygens (including phenoxy) is 2. The molecular formula is C22H18FNO6S. The number of carbonyl (C=O) groups is 3. The third-order valence-corrected chi connectivity index (χ3v) is 5.06. The maximum Gasteiger partial charge on any atom is 0.373 e. The number of methoxy groups -OCH3 is 1. The van der Waals surface area contributed by atoms with Gasteiger partial charge in [-0.15, -0.1) is 11.8 Å². The first-order valence-corrected chi connectivity index (χ1v) is 10.1. The highest BCUT2D eigenvalue weighted by Gasteiger charge is 2.16. The molecule has 160 valence electrons. The molecule has 1 N–H and O–H groups in total. The normalized spacial score (nSPS) is 10.4. The van der Waals surface area contributed by atoms with Gasteiger partial charge in [0.1, 0.15) is 18.2 Å². The molecule has 7 nitrogen and oxygen atoms in total. The third-order valence-electron chi connectivity index (χ3n) is 3.99. The van der Waals surface area contributed by atoms with Gasteiger partial charge in [-0.25, -0.2) is 14.0 Å². The SMILES string of the molecule is COC(=O)c1ccc(COC(=O)c2ccccc2SCC(=O)Nc2ccc(F)cc2)o1. The van der Waals surface area contributed by atoms with Crippen molar-refractivity contribution in [3.05, 3.63) is 83.6 Å². The first-order valence-electron chi connectivity index (χ1n) is 9.07. The second-order valence-electron chi connectivity index (χ2n) is 6.17. The van der Waals surface area contributed by atoms with Crippen LogP contribution in [0, 0.1) is 5.82 Å². The average molecular weight is 443 g/mol. The monoisotopic (exact) mass is 443 g/mol. The molecule has 0 saturated heterocycles.